The normalized spacial score (nSPS) is 11.0. The molecule has 0 saturated heterocycles. The average molecular weight is 324 g/mol. The van der Waals surface area contributed by atoms with Crippen molar-refractivity contribution in [2.24, 2.45) is 0 Å². The summed E-state index contributed by atoms with van der Waals surface area (Å²) in [7, 11) is 0. The second-order valence-corrected chi connectivity index (χ2v) is 5.84. The number of benzene rings is 2. The van der Waals surface area contributed by atoms with E-state index in [-0.39, 0.29) is 12.0 Å². The lowest BCUT2D eigenvalue weighted by Gasteiger charge is -2.12. The SMILES string of the molecule is CCc1ccc(NC(=O)/C=C\c2ccc(OC(C)C)c(N)c2)cc1. The predicted octanol–water partition coefficient (Wildman–Crippen LogP) is 4.27. The van der Waals surface area contributed by atoms with Gasteiger partial charge in [-0.1, -0.05) is 25.1 Å². The van der Waals surface area contributed by atoms with Crippen molar-refractivity contribution in [2.75, 3.05) is 11.1 Å². The molecule has 0 bridgehead atoms. The van der Waals surface area contributed by atoms with Crippen molar-refractivity contribution in [3.63, 3.8) is 0 Å². The molecule has 24 heavy (non-hydrogen) atoms. The van der Waals surface area contributed by atoms with Crippen LogP contribution < -0.4 is 15.8 Å². The van der Waals surface area contributed by atoms with Crippen LogP contribution in [0, 0.1) is 0 Å². The Bertz CT molecular complexity index is 719. The van der Waals surface area contributed by atoms with Gasteiger partial charge in [0, 0.05) is 11.8 Å². The number of nitrogens with two attached hydrogens (primary N) is 1. The van der Waals surface area contributed by atoms with Crippen LogP contribution >= 0.6 is 0 Å². The molecular weight excluding hydrogens is 300 g/mol. The van der Waals surface area contributed by atoms with Gasteiger partial charge < -0.3 is 15.8 Å². The molecule has 0 unspecified atom stereocenters. The van der Waals surface area contributed by atoms with Crippen molar-refractivity contribution in [1.29, 1.82) is 0 Å². The van der Waals surface area contributed by atoms with E-state index in [2.05, 4.69) is 12.2 Å². The minimum atomic E-state index is -0.180. The van der Waals surface area contributed by atoms with Crippen LogP contribution in [0.3, 0.4) is 0 Å². The Hall–Kier alpha value is -2.75. The number of rotatable bonds is 6. The van der Waals surface area contributed by atoms with Crippen LogP contribution in [0.15, 0.2) is 48.5 Å². The number of amides is 1. The molecule has 126 valence electrons. The first-order chi connectivity index (χ1) is 11.5. The number of nitrogens with one attached hydrogen (secondary N) is 1. The average Bonchev–Trinajstić information content (AvgIpc) is 2.55. The molecule has 0 aliphatic rings. The fourth-order valence-electron chi connectivity index (χ4n) is 2.21. The van der Waals surface area contributed by atoms with E-state index < -0.39 is 0 Å². The second kappa shape index (κ2) is 8.20. The first kappa shape index (κ1) is 17.6. The summed E-state index contributed by atoms with van der Waals surface area (Å²) >= 11 is 0. The molecule has 0 aromatic heterocycles. The Morgan fingerprint density at radius 2 is 1.92 bits per heavy atom. The van der Waals surface area contributed by atoms with Gasteiger partial charge in [0.25, 0.3) is 0 Å². The molecule has 4 heteroatoms. The Morgan fingerprint density at radius 1 is 1.21 bits per heavy atom. The second-order valence-electron chi connectivity index (χ2n) is 5.84. The van der Waals surface area contributed by atoms with Gasteiger partial charge in [-0.25, -0.2) is 0 Å². The lowest BCUT2D eigenvalue weighted by molar-refractivity contribution is -0.111. The number of carbonyl (C=O) groups is 1. The van der Waals surface area contributed by atoms with Crippen molar-refractivity contribution in [1.82, 2.24) is 0 Å². The molecule has 3 N–H and O–H groups in total. The summed E-state index contributed by atoms with van der Waals surface area (Å²) in [6.07, 6.45) is 4.27. The van der Waals surface area contributed by atoms with Crippen LogP contribution in [0.25, 0.3) is 6.08 Å². The number of hydrogen-bond acceptors (Lipinski definition) is 3. The Labute approximate surface area is 143 Å². The first-order valence-corrected chi connectivity index (χ1v) is 8.12. The van der Waals surface area contributed by atoms with Crippen LogP contribution in [0.5, 0.6) is 5.75 Å². The van der Waals surface area contributed by atoms with Gasteiger partial charge in [-0.3, -0.25) is 4.79 Å². The Balaban J connectivity index is 1.98. The number of carbonyl (C=O) groups excluding carboxylic acids is 1. The van der Waals surface area contributed by atoms with Crippen LogP contribution in [-0.2, 0) is 11.2 Å². The van der Waals surface area contributed by atoms with Gasteiger partial charge in [-0.05, 0) is 61.7 Å². The van der Waals surface area contributed by atoms with Gasteiger partial charge in [-0.2, -0.15) is 0 Å². The third-order valence-electron chi connectivity index (χ3n) is 3.45. The van der Waals surface area contributed by atoms with Crippen LogP contribution in [0.2, 0.25) is 0 Å². The maximum absolute atomic E-state index is 12.0. The molecule has 0 radical (unpaired) electrons. The maximum atomic E-state index is 12.0. The minimum absolute atomic E-state index is 0.0681. The van der Waals surface area contributed by atoms with Crippen molar-refractivity contribution < 1.29 is 9.53 Å². The summed E-state index contributed by atoms with van der Waals surface area (Å²) in [4.78, 5) is 12.0. The monoisotopic (exact) mass is 324 g/mol. The molecule has 0 heterocycles. The fourth-order valence-corrected chi connectivity index (χ4v) is 2.21. The van der Waals surface area contributed by atoms with E-state index in [1.54, 1.807) is 12.1 Å². The van der Waals surface area contributed by atoms with Gasteiger partial charge in [-0.15, -0.1) is 0 Å². The lowest BCUT2D eigenvalue weighted by atomic mass is 10.1. The zero-order valence-electron chi connectivity index (χ0n) is 14.4. The largest absolute Gasteiger partial charge is 0.489 e. The highest BCUT2D eigenvalue weighted by molar-refractivity contribution is 6.02. The molecule has 0 atom stereocenters. The number of ether oxygens (including phenoxy) is 1. The van der Waals surface area contributed by atoms with E-state index in [1.165, 1.54) is 11.6 Å². The van der Waals surface area contributed by atoms with E-state index in [0.717, 1.165) is 17.7 Å². The summed E-state index contributed by atoms with van der Waals surface area (Å²) in [5.74, 6) is 0.475. The molecule has 0 aliphatic carbocycles. The third-order valence-corrected chi connectivity index (χ3v) is 3.45. The van der Waals surface area contributed by atoms with Crippen molar-refractivity contribution in [3.8, 4) is 5.75 Å². The van der Waals surface area contributed by atoms with Crippen LogP contribution in [0.1, 0.15) is 31.9 Å². The van der Waals surface area contributed by atoms with E-state index in [4.69, 9.17) is 10.5 Å². The minimum Gasteiger partial charge on any atom is -0.489 e. The molecule has 1 amide bonds. The Kier molecular flexibility index (Phi) is 6.01. The fraction of sp³-hybridized carbons (Fsp3) is 0.250. The molecule has 0 saturated carbocycles. The number of nitrogen functional groups attached to an aromatic ring is 1. The summed E-state index contributed by atoms with van der Waals surface area (Å²) in [6, 6.07) is 13.3. The number of anilines is 2. The van der Waals surface area contributed by atoms with Crippen LogP contribution in [-0.4, -0.2) is 12.0 Å². The van der Waals surface area contributed by atoms with E-state index in [1.807, 2.05) is 50.2 Å². The molecule has 2 aromatic carbocycles. The van der Waals surface area contributed by atoms with Gasteiger partial charge in [0.05, 0.1) is 11.8 Å². The Morgan fingerprint density at radius 3 is 2.50 bits per heavy atom. The van der Waals surface area contributed by atoms with Gasteiger partial charge >= 0.3 is 0 Å². The zero-order valence-corrected chi connectivity index (χ0v) is 14.4. The molecule has 0 aliphatic heterocycles. The quantitative estimate of drug-likeness (QED) is 0.616. The van der Waals surface area contributed by atoms with Crippen molar-refractivity contribution >= 4 is 23.4 Å². The van der Waals surface area contributed by atoms with Crippen molar-refractivity contribution in [3.05, 3.63) is 59.7 Å². The zero-order chi connectivity index (χ0) is 17.5. The maximum Gasteiger partial charge on any atom is 0.248 e. The van der Waals surface area contributed by atoms with Gasteiger partial charge in [0.1, 0.15) is 5.75 Å². The van der Waals surface area contributed by atoms with Gasteiger partial charge in [0.2, 0.25) is 5.91 Å². The standard InChI is InChI=1S/C20H24N2O2/c1-4-15-5-9-17(10-6-15)22-20(23)12-8-16-7-11-19(18(21)13-16)24-14(2)3/h5-14H,4,21H2,1-3H3,(H,22,23)/b12-8-. The third kappa shape index (κ3) is 5.16. The van der Waals surface area contributed by atoms with Crippen molar-refractivity contribution in [2.45, 2.75) is 33.3 Å². The highest BCUT2D eigenvalue weighted by Crippen LogP contribution is 2.24. The number of hydrogen-bond donors (Lipinski definition) is 2. The molecule has 0 fully saturated rings. The molecule has 2 rings (SSSR count). The summed E-state index contributed by atoms with van der Waals surface area (Å²) in [5, 5.41) is 2.83. The highest BCUT2D eigenvalue weighted by atomic mass is 16.5. The van der Waals surface area contributed by atoms with Gasteiger partial charge in [0.15, 0.2) is 0 Å². The molecule has 4 nitrogen and oxygen atoms in total. The molecule has 2 aromatic rings. The first-order valence-electron chi connectivity index (χ1n) is 8.12. The highest BCUT2D eigenvalue weighted by Gasteiger charge is 2.03. The topological polar surface area (TPSA) is 64.3 Å². The predicted molar refractivity (Wildman–Crippen MR) is 100 cm³/mol. The number of aryl methyl sites for hydroxylation is 1. The summed E-state index contributed by atoms with van der Waals surface area (Å²) in [6.45, 7) is 5.99. The smallest absolute Gasteiger partial charge is 0.248 e. The summed E-state index contributed by atoms with van der Waals surface area (Å²) < 4.78 is 5.60. The van der Waals surface area contributed by atoms with E-state index in [9.17, 15) is 4.79 Å². The molecule has 0 spiro atoms. The lowest BCUT2D eigenvalue weighted by Crippen LogP contribution is -2.08. The summed E-state index contributed by atoms with van der Waals surface area (Å²) in [5.41, 5.74) is 9.39. The van der Waals surface area contributed by atoms with Crippen LogP contribution in [0.4, 0.5) is 11.4 Å². The van der Waals surface area contributed by atoms with E-state index >= 15 is 0 Å². The molecular formula is C20H24N2O2. The van der Waals surface area contributed by atoms with E-state index in [0.29, 0.717) is 11.4 Å².